The Labute approximate surface area is 106 Å². The van der Waals surface area contributed by atoms with Crippen LogP contribution in [0.3, 0.4) is 0 Å². The van der Waals surface area contributed by atoms with Gasteiger partial charge in [-0.05, 0) is 40.9 Å². The lowest BCUT2D eigenvalue weighted by molar-refractivity contribution is 0.471. The van der Waals surface area contributed by atoms with E-state index in [4.69, 9.17) is 0 Å². The van der Waals surface area contributed by atoms with Crippen LogP contribution >= 0.6 is 15.9 Å². The van der Waals surface area contributed by atoms with Crippen molar-refractivity contribution in [1.82, 2.24) is 4.98 Å². The number of halogens is 1. The minimum Gasteiger partial charge on any atom is -0.381 e. The molecule has 0 radical (unpaired) electrons. The van der Waals surface area contributed by atoms with Crippen LogP contribution in [-0.2, 0) is 0 Å². The Kier molecular flexibility index (Phi) is 4.64. The van der Waals surface area contributed by atoms with Crippen LogP contribution in [0.25, 0.3) is 0 Å². The second kappa shape index (κ2) is 6.24. The van der Waals surface area contributed by atoms with E-state index in [2.05, 4.69) is 32.3 Å². The van der Waals surface area contributed by atoms with Gasteiger partial charge in [0.15, 0.2) is 0 Å². The third-order valence-corrected chi connectivity index (χ3v) is 3.67. The highest BCUT2D eigenvalue weighted by molar-refractivity contribution is 9.10. The summed E-state index contributed by atoms with van der Waals surface area (Å²) in [6, 6.07) is 4.73. The van der Waals surface area contributed by atoms with Crippen molar-refractivity contribution in [3.05, 3.63) is 22.9 Å². The number of nitrogens with zero attached hydrogens (tertiary/aromatic N) is 1. The first-order valence-corrected chi connectivity index (χ1v) is 7.02. The highest BCUT2D eigenvalue weighted by Gasteiger charge is 2.10. The SMILES string of the molecule is Brc1ccc(NC2CCCCCCC2)cn1. The van der Waals surface area contributed by atoms with Gasteiger partial charge in [-0.25, -0.2) is 4.98 Å². The largest absolute Gasteiger partial charge is 0.381 e. The maximum absolute atomic E-state index is 4.24. The molecule has 88 valence electrons. The Bertz CT molecular complexity index is 302. The predicted molar refractivity (Wildman–Crippen MR) is 71.7 cm³/mol. The van der Waals surface area contributed by atoms with Gasteiger partial charge in [-0.1, -0.05) is 32.1 Å². The van der Waals surface area contributed by atoms with E-state index in [0.29, 0.717) is 6.04 Å². The second-order valence-corrected chi connectivity index (χ2v) is 5.37. The first kappa shape index (κ1) is 11.9. The molecular formula is C13H19BrN2. The zero-order valence-electron chi connectivity index (χ0n) is 9.58. The highest BCUT2D eigenvalue weighted by Crippen LogP contribution is 2.20. The first-order valence-electron chi connectivity index (χ1n) is 6.23. The zero-order chi connectivity index (χ0) is 11.2. The van der Waals surface area contributed by atoms with Crippen molar-refractivity contribution in [3.8, 4) is 0 Å². The Hall–Kier alpha value is -0.570. The molecule has 3 heteroatoms. The number of anilines is 1. The van der Waals surface area contributed by atoms with Gasteiger partial charge in [0, 0.05) is 6.04 Å². The smallest absolute Gasteiger partial charge is 0.106 e. The molecule has 0 bridgehead atoms. The molecule has 16 heavy (non-hydrogen) atoms. The lowest BCUT2D eigenvalue weighted by Crippen LogP contribution is -2.20. The molecule has 1 aromatic heterocycles. The van der Waals surface area contributed by atoms with Crippen LogP contribution in [0.1, 0.15) is 44.9 Å². The Balaban J connectivity index is 1.89. The van der Waals surface area contributed by atoms with Crippen LogP contribution in [0.4, 0.5) is 5.69 Å². The van der Waals surface area contributed by atoms with E-state index < -0.39 is 0 Å². The van der Waals surface area contributed by atoms with Gasteiger partial charge >= 0.3 is 0 Å². The van der Waals surface area contributed by atoms with Gasteiger partial charge in [-0.3, -0.25) is 0 Å². The fourth-order valence-corrected chi connectivity index (χ4v) is 2.53. The van der Waals surface area contributed by atoms with E-state index in [9.17, 15) is 0 Å². The van der Waals surface area contributed by atoms with Crippen molar-refractivity contribution in [2.24, 2.45) is 0 Å². The van der Waals surface area contributed by atoms with Crippen molar-refractivity contribution >= 4 is 21.6 Å². The zero-order valence-corrected chi connectivity index (χ0v) is 11.2. The summed E-state index contributed by atoms with van der Waals surface area (Å²) in [4.78, 5) is 4.24. The number of aromatic nitrogens is 1. The van der Waals surface area contributed by atoms with Crippen molar-refractivity contribution in [3.63, 3.8) is 0 Å². The molecular weight excluding hydrogens is 264 g/mol. The molecule has 1 aliphatic carbocycles. The van der Waals surface area contributed by atoms with Gasteiger partial charge in [0.2, 0.25) is 0 Å². The molecule has 2 nitrogen and oxygen atoms in total. The third-order valence-electron chi connectivity index (χ3n) is 3.20. The Morgan fingerprint density at radius 2 is 1.75 bits per heavy atom. The molecule has 0 aromatic carbocycles. The molecule has 0 unspecified atom stereocenters. The fourth-order valence-electron chi connectivity index (χ4n) is 2.30. The van der Waals surface area contributed by atoms with Crippen LogP contribution < -0.4 is 5.32 Å². The Morgan fingerprint density at radius 1 is 1.06 bits per heavy atom. The second-order valence-electron chi connectivity index (χ2n) is 4.56. The molecule has 1 aliphatic rings. The quantitative estimate of drug-likeness (QED) is 0.815. The van der Waals surface area contributed by atoms with E-state index in [1.807, 2.05) is 12.3 Å². The molecule has 0 amide bonds. The summed E-state index contributed by atoms with van der Waals surface area (Å²) < 4.78 is 0.899. The number of nitrogens with one attached hydrogen (secondary N) is 1. The fraction of sp³-hybridized carbons (Fsp3) is 0.615. The van der Waals surface area contributed by atoms with Crippen LogP contribution in [-0.4, -0.2) is 11.0 Å². The molecule has 0 saturated heterocycles. The maximum Gasteiger partial charge on any atom is 0.106 e. The van der Waals surface area contributed by atoms with Gasteiger partial charge in [0.1, 0.15) is 4.60 Å². The minimum absolute atomic E-state index is 0.642. The number of hydrogen-bond donors (Lipinski definition) is 1. The van der Waals surface area contributed by atoms with Crippen molar-refractivity contribution in [2.75, 3.05) is 5.32 Å². The summed E-state index contributed by atoms with van der Waals surface area (Å²) in [5.74, 6) is 0. The standard InChI is InChI=1S/C13H19BrN2/c14-13-9-8-12(10-15-13)16-11-6-4-2-1-3-5-7-11/h8-11,16H,1-7H2. The van der Waals surface area contributed by atoms with Crippen molar-refractivity contribution in [1.29, 1.82) is 0 Å². The lowest BCUT2D eigenvalue weighted by atomic mass is 9.96. The topological polar surface area (TPSA) is 24.9 Å². The average Bonchev–Trinajstić information content (AvgIpc) is 2.25. The number of hydrogen-bond acceptors (Lipinski definition) is 2. The normalized spacial score (nSPS) is 18.8. The monoisotopic (exact) mass is 282 g/mol. The molecule has 1 fully saturated rings. The molecule has 1 aromatic rings. The molecule has 1 saturated carbocycles. The van der Waals surface area contributed by atoms with Gasteiger partial charge in [-0.2, -0.15) is 0 Å². The number of pyridine rings is 1. The summed E-state index contributed by atoms with van der Waals surface area (Å²) >= 11 is 3.35. The van der Waals surface area contributed by atoms with E-state index in [0.717, 1.165) is 10.3 Å². The summed E-state index contributed by atoms with van der Waals surface area (Å²) in [7, 11) is 0. The van der Waals surface area contributed by atoms with Gasteiger partial charge in [0.05, 0.1) is 11.9 Å². The van der Waals surface area contributed by atoms with E-state index in [1.165, 1.54) is 44.9 Å². The summed E-state index contributed by atoms with van der Waals surface area (Å²) in [5.41, 5.74) is 1.15. The molecule has 0 spiro atoms. The van der Waals surface area contributed by atoms with Crippen LogP contribution in [0.5, 0.6) is 0 Å². The van der Waals surface area contributed by atoms with E-state index >= 15 is 0 Å². The lowest BCUT2D eigenvalue weighted by Gasteiger charge is -2.21. The molecule has 0 atom stereocenters. The first-order chi connectivity index (χ1) is 7.84. The third kappa shape index (κ3) is 3.78. The molecule has 2 rings (SSSR count). The van der Waals surface area contributed by atoms with Gasteiger partial charge in [-0.15, -0.1) is 0 Å². The average molecular weight is 283 g/mol. The minimum atomic E-state index is 0.642. The maximum atomic E-state index is 4.24. The van der Waals surface area contributed by atoms with Crippen LogP contribution in [0, 0.1) is 0 Å². The summed E-state index contributed by atoms with van der Waals surface area (Å²) in [6.07, 6.45) is 11.5. The molecule has 1 N–H and O–H groups in total. The molecule has 1 heterocycles. The van der Waals surface area contributed by atoms with E-state index in [1.54, 1.807) is 0 Å². The van der Waals surface area contributed by atoms with Gasteiger partial charge < -0.3 is 5.32 Å². The highest BCUT2D eigenvalue weighted by atomic mass is 79.9. The van der Waals surface area contributed by atoms with Crippen molar-refractivity contribution in [2.45, 2.75) is 51.0 Å². The molecule has 0 aliphatic heterocycles. The predicted octanol–water partition coefficient (Wildman–Crippen LogP) is 4.37. The van der Waals surface area contributed by atoms with Crippen LogP contribution in [0.2, 0.25) is 0 Å². The van der Waals surface area contributed by atoms with Crippen LogP contribution in [0.15, 0.2) is 22.9 Å². The van der Waals surface area contributed by atoms with E-state index in [-0.39, 0.29) is 0 Å². The Morgan fingerprint density at radius 3 is 2.38 bits per heavy atom. The van der Waals surface area contributed by atoms with Crippen molar-refractivity contribution < 1.29 is 0 Å². The van der Waals surface area contributed by atoms with Gasteiger partial charge in [0.25, 0.3) is 0 Å². The summed E-state index contributed by atoms with van der Waals surface area (Å²) in [5, 5.41) is 3.59. The summed E-state index contributed by atoms with van der Waals surface area (Å²) in [6.45, 7) is 0. The number of rotatable bonds is 2.